The normalized spacial score (nSPS) is 15.9. The summed E-state index contributed by atoms with van der Waals surface area (Å²) in [5, 5.41) is 24.7. The van der Waals surface area contributed by atoms with Crippen molar-refractivity contribution in [3.05, 3.63) is 133 Å². The van der Waals surface area contributed by atoms with Gasteiger partial charge >= 0.3 is 0 Å². The molecule has 6 rings (SSSR count). The Balaban J connectivity index is 1.32. The molecule has 0 bridgehead atoms. The maximum atomic E-state index is 13.6. The van der Waals surface area contributed by atoms with Gasteiger partial charge in [0.25, 0.3) is 23.2 Å². The van der Waals surface area contributed by atoms with Crippen LogP contribution in [0.1, 0.15) is 16.5 Å². The van der Waals surface area contributed by atoms with Gasteiger partial charge in [-0.15, -0.1) is 0 Å². The molecule has 1 unspecified atom stereocenters. The number of nitrogens with zero attached hydrogens (tertiary/aromatic N) is 4. The van der Waals surface area contributed by atoms with E-state index >= 15 is 0 Å². The largest absolute Gasteiger partial charge is 0.331 e. The van der Waals surface area contributed by atoms with Gasteiger partial charge in [-0.25, -0.2) is 5.01 Å². The minimum absolute atomic E-state index is 0.0587. The fraction of sp³-hybridized carbons (Fsp3) is 0.0667. The molecule has 0 saturated carbocycles. The van der Waals surface area contributed by atoms with Gasteiger partial charge in [-0.3, -0.25) is 35.2 Å². The van der Waals surface area contributed by atoms with E-state index < -0.39 is 27.0 Å². The van der Waals surface area contributed by atoms with Crippen molar-refractivity contribution in [1.82, 2.24) is 15.0 Å². The maximum Gasteiger partial charge on any atom is 0.280 e. The molecule has 2 heterocycles. The van der Waals surface area contributed by atoms with E-state index in [9.17, 15) is 29.8 Å². The van der Waals surface area contributed by atoms with E-state index in [1.165, 1.54) is 53.2 Å². The first-order valence-electron chi connectivity index (χ1n) is 12.8. The number of fused-ring (bicyclic) bond motifs is 3. The van der Waals surface area contributed by atoms with Crippen molar-refractivity contribution in [2.24, 2.45) is 0 Å². The van der Waals surface area contributed by atoms with Crippen LogP contribution in [0.25, 0.3) is 27.9 Å². The quantitative estimate of drug-likeness (QED) is 0.143. The summed E-state index contributed by atoms with van der Waals surface area (Å²) in [5.41, 5.74) is 5.47. The topological polar surface area (TPSA) is 141 Å². The third-order valence-corrected chi connectivity index (χ3v) is 8.17. The average molecular weight is 580 g/mol. The van der Waals surface area contributed by atoms with E-state index in [2.05, 4.69) is 5.43 Å². The molecule has 1 fully saturated rings. The van der Waals surface area contributed by atoms with Gasteiger partial charge in [0.15, 0.2) is 0 Å². The molecule has 1 atom stereocenters. The number of hydrazine groups is 1. The number of hydrogen-bond acceptors (Lipinski definition) is 7. The molecule has 0 spiro atoms. The van der Waals surface area contributed by atoms with Crippen molar-refractivity contribution in [2.75, 3.05) is 0 Å². The highest BCUT2D eigenvalue weighted by Gasteiger charge is 2.39. The molecule has 1 aliphatic heterocycles. The number of rotatable bonds is 7. The third-order valence-electron chi connectivity index (χ3n) is 6.92. The highest BCUT2D eigenvalue weighted by Crippen LogP contribution is 2.45. The van der Waals surface area contributed by atoms with Crippen molar-refractivity contribution in [3.8, 4) is 0 Å². The summed E-state index contributed by atoms with van der Waals surface area (Å²) in [7, 11) is 0. The van der Waals surface area contributed by atoms with Gasteiger partial charge in [0.1, 0.15) is 11.9 Å². The predicted octanol–water partition coefficient (Wildman–Crippen LogP) is 5.96. The van der Waals surface area contributed by atoms with Crippen molar-refractivity contribution in [1.29, 1.82) is 0 Å². The Hall–Kier alpha value is -5.49. The fourth-order valence-electron chi connectivity index (χ4n) is 4.96. The number of nitro groups is 2. The third kappa shape index (κ3) is 4.95. The lowest BCUT2D eigenvalue weighted by Crippen LogP contribution is -2.45. The van der Waals surface area contributed by atoms with Crippen molar-refractivity contribution < 1.29 is 19.4 Å². The van der Waals surface area contributed by atoms with Gasteiger partial charge in [0.05, 0.1) is 14.8 Å². The molecular formula is C30H21N5O6S. The van der Waals surface area contributed by atoms with Crippen LogP contribution < -0.4 is 5.43 Å². The van der Waals surface area contributed by atoms with Crippen LogP contribution in [0.2, 0.25) is 0 Å². The van der Waals surface area contributed by atoms with E-state index in [-0.39, 0.29) is 17.9 Å². The standard InChI is InChI=1S/C30H21N5O6S/c36-28(18-32-25-7-3-1-5-23(25)24-6-2-4-8-26(24)32)31-33-29(37)27(17-19-9-13-21(14-10-19)34(38)39)42-30(33)20-11-15-22(16-12-20)35(40)41/h1-17,30H,18H2,(H,31,36)/b27-17+. The number of nitrogens with one attached hydrogen (secondary N) is 1. The Labute approximate surface area is 242 Å². The van der Waals surface area contributed by atoms with Gasteiger partial charge in [-0.05, 0) is 53.6 Å². The molecule has 1 aliphatic rings. The number of thioether (sulfide) groups is 1. The van der Waals surface area contributed by atoms with Crippen LogP contribution in [0.5, 0.6) is 0 Å². The molecule has 11 nitrogen and oxygen atoms in total. The Morgan fingerprint density at radius 1 is 0.810 bits per heavy atom. The summed E-state index contributed by atoms with van der Waals surface area (Å²) in [6.07, 6.45) is 1.59. The summed E-state index contributed by atoms with van der Waals surface area (Å²) < 4.78 is 1.89. The number of benzene rings is 4. The molecule has 208 valence electrons. The van der Waals surface area contributed by atoms with E-state index in [0.29, 0.717) is 16.0 Å². The first kappa shape index (κ1) is 26.7. The van der Waals surface area contributed by atoms with E-state index in [0.717, 1.165) is 21.8 Å². The zero-order chi connectivity index (χ0) is 29.4. The molecule has 2 amide bonds. The predicted molar refractivity (Wildman–Crippen MR) is 159 cm³/mol. The summed E-state index contributed by atoms with van der Waals surface area (Å²) >= 11 is 1.17. The maximum absolute atomic E-state index is 13.6. The van der Waals surface area contributed by atoms with Gasteiger partial charge in [0, 0.05) is 46.1 Å². The number of carbonyl (C=O) groups excluding carboxylic acids is 2. The fourth-order valence-corrected chi connectivity index (χ4v) is 6.15. The highest BCUT2D eigenvalue weighted by atomic mass is 32.2. The monoisotopic (exact) mass is 579 g/mol. The van der Waals surface area contributed by atoms with Crippen LogP contribution in [-0.4, -0.2) is 31.2 Å². The van der Waals surface area contributed by atoms with Gasteiger partial charge in [-0.1, -0.05) is 48.2 Å². The summed E-state index contributed by atoms with van der Waals surface area (Å²) in [5.74, 6) is -0.906. The zero-order valence-electron chi connectivity index (χ0n) is 21.7. The van der Waals surface area contributed by atoms with Crippen molar-refractivity contribution >= 4 is 62.8 Å². The summed E-state index contributed by atoms with van der Waals surface area (Å²) in [6, 6.07) is 27.1. The molecule has 0 aliphatic carbocycles. The minimum Gasteiger partial charge on any atom is -0.331 e. The second-order valence-corrected chi connectivity index (χ2v) is 10.6. The van der Waals surface area contributed by atoms with Crippen molar-refractivity contribution in [2.45, 2.75) is 11.9 Å². The molecule has 4 aromatic carbocycles. The number of amides is 2. The summed E-state index contributed by atoms with van der Waals surface area (Å²) in [4.78, 5) is 48.6. The molecule has 1 N–H and O–H groups in total. The van der Waals surface area contributed by atoms with Gasteiger partial charge in [0.2, 0.25) is 0 Å². The Morgan fingerprint density at radius 3 is 1.88 bits per heavy atom. The van der Waals surface area contributed by atoms with Crippen LogP contribution in [0.15, 0.2) is 102 Å². The van der Waals surface area contributed by atoms with Crippen LogP contribution in [0, 0.1) is 20.2 Å². The Kier molecular flexibility index (Phi) is 6.88. The molecule has 1 aromatic heterocycles. The van der Waals surface area contributed by atoms with E-state index in [1.807, 2.05) is 53.1 Å². The first-order valence-corrected chi connectivity index (χ1v) is 13.6. The molecule has 5 aromatic rings. The van der Waals surface area contributed by atoms with Gasteiger partial charge < -0.3 is 4.57 Å². The second-order valence-electron chi connectivity index (χ2n) is 9.51. The van der Waals surface area contributed by atoms with Crippen LogP contribution in [0.4, 0.5) is 11.4 Å². The molecule has 1 saturated heterocycles. The van der Waals surface area contributed by atoms with E-state index in [4.69, 9.17) is 0 Å². The summed E-state index contributed by atoms with van der Waals surface area (Å²) in [6.45, 7) is -0.0587. The van der Waals surface area contributed by atoms with E-state index in [1.54, 1.807) is 18.2 Å². The second kappa shape index (κ2) is 10.8. The minimum atomic E-state index is -0.704. The smallest absolute Gasteiger partial charge is 0.280 e. The number of carbonyl (C=O) groups is 2. The number of non-ortho nitro benzene ring substituents is 2. The number of hydrogen-bond donors (Lipinski definition) is 1. The van der Waals surface area contributed by atoms with Gasteiger partial charge in [-0.2, -0.15) is 0 Å². The molecular weight excluding hydrogens is 558 g/mol. The number of para-hydroxylation sites is 2. The average Bonchev–Trinajstić information content (AvgIpc) is 3.47. The van der Waals surface area contributed by atoms with Crippen LogP contribution >= 0.6 is 11.8 Å². The SMILES string of the molecule is O=C(Cn1c2ccccc2c2ccccc21)NN1C(=O)/C(=C\c2ccc([N+](=O)[O-])cc2)SC1c1ccc([N+](=O)[O-])cc1. The lowest BCUT2D eigenvalue weighted by Gasteiger charge is -2.24. The first-order chi connectivity index (χ1) is 20.3. The lowest BCUT2D eigenvalue weighted by atomic mass is 10.2. The van der Waals surface area contributed by atoms with Crippen molar-refractivity contribution in [3.63, 3.8) is 0 Å². The molecule has 12 heteroatoms. The lowest BCUT2D eigenvalue weighted by molar-refractivity contribution is -0.385. The molecule has 42 heavy (non-hydrogen) atoms. The zero-order valence-corrected chi connectivity index (χ0v) is 22.6. The Morgan fingerprint density at radius 2 is 1.33 bits per heavy atom. The Bertz CT molecular complexity index is 1860. The highest BCUT2D eigenvalue weighted by molar-refractivity contribution is 8.04. The number of nitro benzene ring substituents is 2. The van der Waals surface area contributed by atoms with Crippen LogP contribution in [-0.2, 0) is 16.1 Å². The molecule has 0 radical (unpaired) electrons. The number of aromatic nitrogens is 1. The van der Waals surface area contributed by atoms with Crippen LogP contribution in [0.3, 0.4) is 0 Å².